The quantitative estimate of drug-likeness (QED) is 0.557. The first-order valence-corrected chi connectivity index (χ1v) is 9.78. The van der Waals surface area contributed by atoms with Crippen LogP contribution in [-0.2, 0) is 6.42 Å². The molecule has 0 spiro atoms. The van der Waals surface area contributed by atoms with Crippen molar-refractivity contribution < 1.29 is 4.79 Å². The summed E-state index contributed by atoms with van der Waals surface area (Å²) in [6, 6.07) is 20.0. The Morgan fingerprint density at radius 2 is 1.72 bits per heavy atom. The van der Waals surface area contributed by atoms with Gasteiger partial charge in [0.25, 0.3) is 5.91 Å². The number of benzene rings is 2. The molecule has 0 saturated carbocycles. The second-order valence-electron chi connectivity index (χ2n) is 7.34. The molecule has 0 unspecified atom stereocenters. The van der Waals surface area contributed by atoms with Gasteiger partial charge in [-0.05, 0) is 63.1 Å². The maximum atomic E-state index is 12.7. The first-order chi connectivity index (χ1) is 14.0. The molecule has 146 valence electrons. The highest BCUT2D eigenvalue weighted by Gasteiger charge is 2.11. The summed E-state index contributed by atoms with van der Waals surface area (Å²) in [5, 5.41) is 8.44. The van der Waals surface area contributed by atoms with E-state index in [0.717, 1.165) is 40.1 Å². The van der Waals surface area contributed by atoms with Crippen LogP contribution in [0, 0.1) is 20.8 Å². The molecule has 4 rings (SSSR count). The van der Waals surface area contributed by atoms with Crippen molar-refractivity contribution in [3.05, 3.63) is 88.9 Å². The molecule has 0 bridgehead atoms. The third-order valence-electron chi connectivity index (χ3n) is 4.98. The number of hydrogen-bond acceptors (Lipinski definition) is 3. The Kier molecular flexibility index (Phi) is 5.12. The van der Waals surface area contributed by atoms with Crippen molar-refractivity contribution >= 4 is 16.8 Å². The summed E-state index contributed by atoms with van der Waals surface area (Å²) in [5.74, 6) is -0.0639. The smallest absolute Gasteiger partial charge is 0.252 e. The van der Waals surface area contributed by atoms with E-state index in [-0.39, 0.29) is 5.91 Å². The minimum atomic E-state index is -0.0639. The lowest BCUT2D eigenvalue weighted by molar-refractivity contribution is 0.0955. The number of fused-ring (bicyclic) bond motifs is 1. The van der Waals surface area contributed by atoms with Crippen molar-refractivity contribution in [1.82, 2.24) is 20.1 Å². The fourth-order valence-corrected chi connectivity index (χ4v) is 3.61. The van der Waals surface area contributed by atoms with E-state index in [0.29, 0.717) is 12.1 Å². The highest BCUT2D eigenvalue weighted by molar-refractivity contribution is 6.06. The average Bonchev–Trinajstić information content (AvgIpc) is 3.05. The van der Waals surface area contributed by atoms with Crippen LogP contribution >= 0.6 is 0 Å². The first kappa shape index (κ1) is 18.9. The van der Waals surface area contributed by atoms with E-state index < -0.39 is 0 Å². The molecule has 29 heavy (non-hydrogen) atoms. The van der Waals surface area contributed by atoms with Crippen LogP contribution in [0.1, 0.15) is 33.0 Å². The van der Waals surface area contributed by atoms with E-state index >= 15 is 0 Å². The minimum Gasteiger partial charge on any atom is -0.352 e. The van der Waals surface area contributed by atoms with Gasteiger partial charge in [0.1, 0.15) is 0 Å². The fraction of sp³-hybridized carbons (Fsp3) is 0.208. The van der Waals surface area contributed by atoms with Gasteiger partial charge in [-0.2, -0.15) is 5.10 Å². The number of nitrogens with one attached hydrogen (secondary N) is 1. The molecule has 0 fully saturated rings. The Morgan fingerprint density at radius 1 is 0.966 bits per heavy atom. The number of hydrogen-bond donors (Lipinski definition) is 1. The van der Waals surface area contributed by atoms with Gasteiger partial charge in [-0.3, -0.25) is 9.78 Å². The summed E-state index contributed by atoms with van der Waals surface area (Å²) in [5.41, 5.74) is 6.70. The van der Waals surface area contributed by atoms with Gasteiger partial charge >= 0.3 is 0 Å². The molecular weight excluding hydrogens is 360 g/mol. The Bertz CT molecular complexity index is 1180. The standard InChI is InChI=1S/C24H24N4O/c1-16-15-22(21-6-4-5-7-23(21)26-16)24(29)25-13-12-19-8-10-20(11-9-19)28-18(3)14-17(2)27-28/h4-11,14-15H,12-13H2,1-3H3,(H,25,29). The Hall–Kier alpha value is -3.47. The maximum absolute atomic E-state index is 12.7. The third-order valence-corrected chi connectivity index (χ3v) is 4.98. The zero-order valence-electron chi connectivity index (χ0n) is 16.9. The normalized spacial score (nSPS) is 11.0. The van der Waals surface area contributed by atoms with Crippen molar-refractivity contribution in [3.63, 3.8) is 0 Å². The van der Waals surface area contributed by atoms with Gasteiger partial charge in [-0.1, -0.05) is 30.3 Å². The molecule has 5 heteroatoms. The van der Waals surface area contributed by atoms with Crippen LogP contribution in [0.4, 0.5) is 0 Å². The molecule has 4 aromatic rings. The molecule has 1 N–H and O–H groups in total. The number of nitrogens with zero attached hydrogens (tertiary/aromatic N) is 3. The maximum Gasteiger partial charge on any atom is 0.252 e. The van der Waals surface area contributed by atoms with Gasteiger partial charge in [0.05, 0.1) is 22.5 Å². The number of para-hydroxylation sites is 1. The van der Waals surface area contributed by atoms with Crippen LogP contribution in [-0.4, -0.2) is 27.2 Å². The van der Waals surface area contributed by atoms with Gasteiger partial charge in [-0.25, -0.2) is 4.68 Å². The third kappa shape index (κ3) is 4.04. The van der Waals surface area contributed by atoms with E-state index in [1.54, 1.807) is 0 Å². The molecule has 0 saturated heterocycles. The molecule has 0 aliphatic carbocycles. The topological polar surface area (TPSA) is 59.8 Å². The largest absolute Gasteiger partial charge is 0.352 e. The SMILES string of the molecule is Cc1cc(C(=O)NCCc2ccc(-n3nc(C)cc3C)cc2)c2ccccc2n1. The zero-order chi connectivity index (χ0) is 20.4. The summed E-state index contributed by atoms with van der Waals surface area (Å²) < 4.78 is 1.94. The Morgan fingerprint density at radius 3 is 2.45 bits per heavy atom. The van der Waals surface area contributed by atoms with Crippen LogP contribution in [0.15, 0.2) is 60.7 Å². The monoisotopic (exact) mass is 384 g/mol. The lowest BCUT2D eigenvalue weighted by Gasteiger charge is -2.10. The highest BCUT2D eigenvalue weighted by atomic mass is 16.1. The molecule has 0 aliphatic heterocycles. The van der Waals surface area contributed by atoms with Gasteiger partial charge in [0, 0.05) is 23.3 Å². The summed E-state index contributed by atoms with van der Waals surface area (Å²) in [6.45, 7) is 6.53. The van der Waals surface area contributed by atoms with Crippen LogP contribution < -0.4 is 5.32 Å². The van der Waals surface area contributed by atoms with Crippen LogP contribution in [0.25, 0.3) is 16.6 Å². The van der Waals surface area contributed by atoms with E-state index in [2.05, 4.69) is 45.7 Å². The lowest BCUT2D eigenvalue weighted by Crippen LogP contribution is -2.26. The van der Waals surface area contributed by atoms with Gasteiger partial charge in [0.15, 0.2) is 0 Å². The van der Waals surface area contributed by atoms with Crippen LogP contribution in [0.2, 0.25) is 0 Å². The minimum absolute atomic E-state index is 0.0639. The van der Waals surface area contributed by atoms with E-state index in [4.69, 9.17) is 0 Å². The van der Waals surface area contributed by atoms with Crippen LogP contribution in [0.3, 0.4) is 0 Å². The summed E-state index contributed by atoms with van der Waals surface area (Å²) in [7, 11) is 0. The van der Waals surface area contributed by atoms with Crippen molar-refractivity contribution in [3.8, 4) is 5.69 Å². The molecule has 2 aromatic heterocycles. The molecule has 0 radical (unpaired) electrons. The predicted molar refractivity (Wildman–Crippen MR) is 116 cm³/mol. The number of amides is 1. The lowest BCUT2D eigenvalue weighted by atomic mass is 10.1. The summed E-state index contributed by atoms with van der Waals surface area (Å²) in [6.07, 6.45) is 0.769. The van der Waals surface area contributed by atoms with Crippen molar-refractivity contribution in [2.24, 2.45) is 0 Å². The molecule has 1 amide bonds. The number of pyridine rings is 1. The van der Waals surface area contributed by atoms with Gasteiger partial charge in [-0.15, -0.1) is 0 Å². The molecule has 2 heterocycles. The van der Waals surface area contributed by atoms with Crippen molar-refractivity contribution in [2.75, 3.05) is 6.54 Å². The first-order valence-electron chi connectivity index (χ1n) is 9.78. The molecule has 2 aromatic carbocycles. The number of rotatable bonds is 5. The molecule has 0 aliphatic rings. The fourth-order valence-electron chi connectivity index (χ4n) is 3.61. The van der Waals surface area contributed by atoms with E-state index in [1.807, 2.05) is 55.8 Å². The zero-order valence-corrected chi connectivity index (χ0v) is 16.9. The van der Waals surface area contributed by atoms with Crippen molar-refractivity contribution in [2.45, 2.75) is 27.2 Å². The second-order valence-corrected chi connectivity index (χ2v) is 7.34. The predicted octanol–water partition coefficient (Wildman–Crippen LogP) is 4.32. The van der Waals surface area contributed by atoms with Gasteiger partial charge < -0.3 is 5.32 Å². The molecule has 0 atom stereocenters. The molecular formula is C24H24N4O. The number of aromatic nitrogens is 3. The summed E-state index contributed by atoms with van der Waals surface area (Å²) >= 11 is 0. The number of carbonyl (C=O) groups excluding carboxylic acids is 1. The van der Waals surface area contributed by atoms with Crippen LogP contribution in [0.5, 0.6) is 0 Å². The Balaban J connectivity index is 1.42. The second kappa shape index (κ2) is 7.87. The molecule has 5 nitrogen and oxygen atoms in total. The van der Waals surface area contributed by atoms with E-state index in [1.165, 1.54) is 5.56 Å². The number of aryl methyl sites for hydroxylation is 3. The van der Waals surface area contributed by atoms with Crippen molar-refractivity contribution in [1.29, 1.82) is 0 Å². The van der Waals surface area contributed by atoms with Gasteiger partial charge in [0.2, 0.25) is 0 Å². The van der Waals surface area contributed by atoms with E-state index in [9.17, 15) is 4.79 Å². The summed E-state index contributed by atoms with van der Waals surface area (Å²) in [4.78, 5) is 17.2. The number of carbonyl (C=O) groups is 1. The average molecular weight is 384 g/mol. The highest BCUT2D eigenvalue weighted by Crippen LogP contribution is 2.18. The Labute approximate surface area is 170 Å².